The number of ether oxygens (including phenoxy) is 1. The van der Waals surface area contributed by atoms with Crippen molar-refractivity contribution in [3.63, 3.8) is 0 Å². The lowest BCUT2D eigenvalue weighted by Gasteiger charge is -2.28. The number of benzene rings is 2. The molecule has 2 atom stereocenters. The highest BCUT2D eigenvalue weighted by atomic mass is 32.1. The van der Waals surface area contributed by atoms with Crippen LogP contribution in [0.15, 0.2) is 72.9 Å². The van der Waals surface area contributed by atoms with Crippen molar-refractivity contribution in [2.24, 2.45) is 0 Å². The van der Waals surface area contributed by atoms with E-state index in [1.807, 2.05) is 30.5 Å². The zero-order valence-corrected chi connectivity index (χ0v) is 22.3. The Morgan fingerprint density at radius 3 is 2.44 bits per heavy atom. The second-order valence-corrected chi connectivity index (χ2v) is 9.94. The van der Waals surface area contributed by atoms with Crippen molar-refractivity contribution in [3.05, 3.63) is 112 Å². The summed E-state index contributed by atoms with van der Waals surface area (Å²) < 4.78 is 7.73. The monoisotopic (exact) mass is 496 g/mol. The van der Waals surface area contributed by atoms with Crippen LogP contribution in [0.3, 0.4) is 0 Å². The molecule has 0 radical (unpaired) electrons. The Balaban J connectivity index is 1.61. The Morgan fingerprint density at radius 1 is 0.972 bits per heavy atom. The highest BCUT2D eigenvalue weighted by molar-refractivity contribution is 7.80. The summed E-state index contributed by atoms with van der Waals surface area (Å²) in [5.74, 6) is 0.848. The van der Waals surface area contributed by atoms with Crippen molar-refractivity contribution >= 4 is 17.3 Å². The average Bonchev–Trinajstić information content (AvgIpc) is 3.36. The third-order valence-electron chi connectivity index (χ3n) is 7.10. The Morgan fingerprint density at radius 2 is 1.75 bits per heavy atom. The summed E-state index contributed by atoms with van der Waals surface area (Å²) in [6.45, 7) is 9.41. The maximum absolute atomic E-state index is 5.91. The van der Waals surface area contributed by atoms with Gasteiger partial charge < -0.3 is 19.5 Å². The molecule has 184 valence electrons. The molecular weight excluding hydrogens is 464 g/mol. The van der Waals surface area contributed by atoms with Gasteiger partial charge >= 0.3 is 0 Å². The van der Waals surface area contributed by atoms with Crippen LogP contribution in [0.25, 0.3) is 5.69 Å². The molecule has 0 spiro atoms. The van der Waals surface area contributed by atoms with Crippen molar-refractivity contribution in [2.75, 3.05) is 7.11 Å². The minimum atomic E-state index is -0.0514. The average molecular weight is 497 g/mol. The quantitative estimate of drug-likeness (QED) is 0.318. The summed E-state index contributed by atoms with van der Waals surface area (Å²) in [6.07, 6.45) is 1.85. The van der Waals surface area contributed by atoms with Gasteiger partial charge in [0.15, 0.2) is 5.11 Å². The smallest absolute Gasteiger partial charge is 0.170 e. The van der Waals surface area contributed by atoms with Crippen LogP contribution in [0.2, 0.25) is 0 Å². The molecule has 1 aliphatic rings. The molecule has 0 bridgehead atoms. The first-order chi connectivity index (χ1) is 17.4. The van der Waals surface area contributed by atoms with Crippen molar-refractivity contribution < 1.29 is 4.74 Å². The number of nitrogens with one attached hydrogen (secondary N) is 1. The number of nitrogens with zero attached hydrogens (tertiary/aromatic N) is 3. The van der Waals surface area contributed by atoms with E-state index in [1.165, 1.54) is 39.3 Å². The van der Waals surface area contributed by atoms with Crippen molar-refractivity contribution in [1.82, 2.24) is 19.8 Å². The van der Waals surface area contributed by atoms with Crippen molar-refractivity contribution in [3.8, 4) is 11.4 Å². The predicted octanol–water partition coefficient (Wildman–Crippen LogP) is 6.29. The zero-order valence-electron chi connectivity index (χ0n) is 21.4. The van der Waals surface area contributed by atoms with Crippen LogP contribution < -0.4 is 10.1 Å². The lowest BCUT2D eigenvalue weighted by Crippen LogP contribution is -2.29. The van der Waals surface area contributed by atoms with Gasteiger partial charge in [-0.1, -0.05) is 30.3 Å². The first-order valence-electron chi connectivity index (χ1n) is 12.2. The molecule has 2 aromatic carbocycles. The molecule has 6 heteroatoms. The standard InChI is InChI=1S/C30H32N4OS/c1-19-9-10-20(2)27(16-19)34-21(3)17-25(22(34)4)29-28(26-8-6-7-15-31-26)32-30(36)33(29)18-23-11-13-24(35-5)14-12-23/h6-17,28-29H,18H2,1-5H3,(H,32,36)/t28-,29-/m1/s1. The molecule has 5 nitrogen and oxygen atoms in total. The van der Waals surface area contributed by atoms with E-state index in [2.05, 4.69) is 84.9 Å². The van der Waals surface area contributed by atoms with Crippen LogP contribution >= 0.6 is 12.2 Å². The largest absolute Gasteiger partial charge is 0.497 e. The van der Waals surface area contributed by atoms with Gasteiger partial charge in [0, 0.05) is 29.8 Å². The summed E-state index contributed by atoms with van der Waals surface area (Å²) in [7, 11) is 1.69. The Labute approximate surface area is 218 Å². The SMILES string of the molecule is COc1ccc(CN2C(=S)N[C@H](c3ccccn3)[C@H]2c2cc(C)n(-c3cc(C)ccc3C)c2C)cc1. The third kappa shape index (κ3) is 4.37. The number of aryl methyl sites for hydroxylation is 3. The number of methoxy groups -OCH3 is 1. The molecule has 1 fully saturated rings. The Bertz CT molecular complexity index is 1390. The molecule has 0 amide bonds. The van der Waals surface area contributed by atoms with E-state index >= 15 is 0 Å². The van der Waals surface area contributed by atoms with Crippen molar-refractivity contribution in [1.29, 1.82) is 0 Å². The number of rotatable bonds is 6. The Kier molecular flexibility index (Phi) is 6.54. The second-order valence-electron chi connectivity index (χ2n) is 9.55. The molecule has 36 heavy (non-hydrogen) atoms. The van der Waals surface area contributed by atoms with Gasteiger partial charge in [0.2, 0.25) is 0 Å². The van der Waals surface area contributed by atoms with Crippen molar-refractivity contribution in [2.45, 2.75) is 46.3 Å². The van der Waals surface area contributed by atoms with Gasteiger partial charge in [-0.25, -0.2) is 0 Å². The van der Waals surface area contributed by atoms with Gasteiger partial charge in [-0.15, -0.1) is 0 Å². The van der Waals surface area contributed by atoms with Gasteiger partial charge in [0.05, 0.1) is 24.9 Å². The van der Waals surface area contributed by atoms with E-state index in [0.717, 1.165) is 16.6 Å². The molecule has 1 N–H and O–H groups in total. The minimum absolute atomic E-state index is 0.000401. The van der Waals surface area contributed by atoms with Crippen LogP contribution in [-0.4, -0.2) is 26.7 Å². The maximum atomic E-state index is 5.91. The first-order valence-corrected chi connectivity index (χ1v) is 12.7. The van der Waals surface area contributed by atoms with E-state index in [9.17, 15) is 0 Å². The third-order valence-corrected chi connectivity index (χ3v) is 7.46. The van der Waals surface area contributed by atoms with E-state index in [0.29, 0.717) is 6.54 Å². The fourth-order valence-corrected chi connectivity index (χ4v) is 5.57. The molecule has 2 aromatic heterocycles. The molecule has 0 unspecified atom stereocenters. The van der Waals surface area contributed by atoms with E-state index in [-0.39, 0.29) is 12.1 Å². The molecule has 0 aliphatic carbocycles. The molecule has 3 heterocycles. The lowest BCUT2D eigenvalue weighted by molar-refractivity contribution is 0.310. The molecule has 4 aromatic rings. The number of pyridine rings is 1. The van der Waals surface area contributed by atoms with E-state index in [1.54, 1.807) is 7.11 Å². The maximum Gasteiger partial charge on any atom is 0.170 e. The predicted molar refractivity (Wildman–Crippen MR) is 149 cm³/mol. The lowest BCUT2D eigenvalue weighted by atomic mass is 9.96. The molecular formula is C30H32N4OS. The molecule has 1 aliphatic heterocycles. The van der Waals surface area contributed by atoms with Gasteiger partial charge in [-0.3, -0.25) is 4.98 Å². The highest BCUT2D eigenvalue weighted by Gasteiger charge is 2.41. The topological polar surface area (TPSA) is 42.3 Å². The zero-order chi connectivity index (χ0) is 25.4. The van der Waals surface area contributed by atoms with Crippen LogP contribution in [0.1, 0.15) is 51.4 Å². The summed E-state index contributed by atoms with van der Waals surface area (Å²) in [5.41, 5.74) is 9.57. The normalized spacial score (nSPS) is 17.4. The molecule has 5 rings (SSSR count). The van der Waals surface area contributed by atoms with Crippen LogP contribution in [-0.2, 0) is 6.54 Å². The van der Waals surface area contributed by atoms with Gasteiger partial charge in [0.25, 0.3) is 0 Å². The van der Waals surface area contributed by atoms with E-state index in [4.69, 9.17) is 21.9 Å². The second kappa shape index (κ2) is 9.78. The molecule has 0 saturated carbocycles. The number of hydrogen-bond acceptors (Lipinski definition) is 3. The highest BCUT2D eigenvalue weighted by Crippen LogP contribution is 2.42. The first kappa shape index (κ1) is 24.1. The van der Waals surface area contributed by atoms with E-state index < -0.39 is 0 Å². The van der Waals surface area contributed by atoms with Gasteiger partial charge in [0.1, 0.15) is 5.75 Å². The summed E-state index contributed by atoms with van der Waals surface area (Å²) in [4.78, 5) is 7.00. The number of thiocarbonyl (C=S) groups is 1. The summed E-state index contributed by atoms with van der Waals surface area (Å²) in [6, 6.07) is 23.2. The van der Waals surface area contributed by atoms with Crippen LogP contribution in [0.4, 0.5) is 0 Å². The minimum Gasteiger partial charge on any atom is -0.497 e. The molecule has 1 saturated heterocycles. The van der Waals surface area contributed by atoms with Crippen LogP contribution in [0, 0.1) is 27.7 Å². The fraction of sp³-hybridized carbons (Fsp3) is 0.267. The van der Waals surface area contributed by atoms with Gasteiger partial charge in [-0.2, -0.15) is 0 Å². The number of aromatic nitrogens is 2. The van der Waals surface area contributed by atoms with Crippen LogP contribution in [0.5, 0.6) is 5.75 Å². The number of hydrogen-bond donors (Lipinski definition) is 1. The summed E-state index contributed by atoms with van der Waals surface area (Å²) in [5, 5.41) is 4.33. The summed E-state index contributed by atoms with van der Waals surface area (Å²) >= 11 is 5.91. The Hall–Kier alpha value is -3.64. The fourth-order valence-electron chi connectivity index (χ4n) is 5.26. The van der Waals surface area contributed by atoms with Gasteiger partial charge in [-0.05, 0) is 98.6 Å².